The van der Waals surface area contributed by atoms with E-state index in [1.165, 1.54) is 19.5 Å². The predicted octanol–water partition coefficient (Wildman–Crippen LogP) is 2.77. The summed E-state index contributed by atoms with van der Waals surface area (Å²) in [7, 11) is 0. The summed E-state index contributed by atoms with van der Waals surface area (Å²) in [5.41, 5.74) is 0.989. The number of furan rings is 1. The molecule has 22 heavy (non-hydrogen) atoms. The molecule has 1 amide bonds. The van der Waals surface area contributed by atoms with E-state index in [2.05, 4.69) is 10.2 Å². The van der Waals surface area contributed by atoms with E-state index < -0.39 is 0 Å². The van der Waals surface area contributed by atoms with E-state index in [9.17, 15) is 4.79 Å². The molecule has 1 unspecified atom stereocenters. The maximum atomic E-state index is 12.4. The summed E-state index contributed by atoms with van der Waals surface area (Å²) in [6.07, 6.45) is 2.36. The monoisotopic (exact) mass is 296 g/mol. The molecule has 4 nitrogen and oxygen atoms in total. The third-order valence-electron chi connectivity index (χ3n) is 4.69. The van der Waals surface area contributed by atoms with Gasteiger partial charge in [-0.15, -0.1) is 0 Å². The number of benzene rings is 1. The van der Waals surface area contributed by atoms with Crippen LogP contribution < -0.4 is 5.32 Å². The maximum absolute atomic E-state index is 12.4. The SMILES string of the molecule is O=C(N[C@H]1C[C@H]2CCN(C2)C1)c1ccc(-c2ccccc2)o1. The number of carbonyl (C=O) groups is 1. The molecule has 2 fully saturated rings. The largest absolute Gasteiger partial charge is 0.451 e. The first-order valence-electron chi connectivity index (χ1n) is 7.96. The summed E-state index contributed by atoms with van der Waals surface area (Å²) in [6.45, 7) is 3.34. The minimum Gasteiger partial charge on any atom is -0.451 e. The van der Waals surface area contributed by atoms with Crippen LogP contribution in [-0.4, -0.2) is 36.5 Å². The molecule has 1 aromatic carbocycles. The van der Waals surface area contributed by atoms with Gasteiger partial charge in [0.05, 0.1) is 0 Å². The van der Waals surface area contributed by atoms with E-state index in [-0.39, 0.29) is 11.9 Å². The lowest BCUT2D eigenvalue weighted by Crippen LogP contribution is -2.46. The molecule has 0 spiro atoms. The van der Waals surface area contributed by atoms with E-state index in [1.54, 1.807) is 6.07 Å². The normalized spacial score (nSPS) is 26.8. The Morgan fingerprint density at radius 2 is 2.00 bits per heavy atom. The van der Waals surface area contributed by atoms with Crippen LogP contribution in [0.25, 0.3) is 11.3 Å². The standard InChI is InChI=1S/C18H20N2O2/c21-18(19-15-10-13-8-9-20(11-13)12-15)17-7-6-16(22-17)14-4-2-1-3-5-14/h1-7,13,15H,8-12H2,(H,19,21)/t13-,15+/m1/s1. The average Bonchev–Trinajstić information content (AvgIpc) is 3.15. The lowest BCUT2D eigenvalue weighted by Gasteiger charge is -2.30. The van der Waals surface area contributed by atoms with Gasteiger partial charge in [0.25, 0.3) is 5.91 Å². The number of nitrogens with one attached hydrogen (secondary N) is 1. The third-order valence-corrected chi connectivity index (χ3v) is 4.69. The van der Waals surface area contributed by atoms with Crippen LogP contribution in [0.3, 0.4) is 0 Å². The molecule has 4 rings (SSSR count). The molecule has 2 aromatic rings. The Labute approximate surface area is 130 Å². The fourth-order valence-electron chi connectivity index (χ4n) is 3.64. The highest BCUT2D eigenvalue weighted by Gasteiger charge is 2.33. The maximum Gasteiger partial charge on any atom is 0.287 e. The van der Waals surface area contributed by atoms with E-state index in [0.717, 1.165) is 30.2 Å². The Bertz CT molecular complexity index is 653. The molecular formula is C18H20N2O2. The number of hydrogen-bond donors (Lipinski definition) is 1. The van der Waals surface area contributed by atoms with E-state index in [0.29, 0.717) is 5.76 Å². The minimum absolute atomic E-state index is 0.102. The van der Waals surface area contributed by atoms with Crippen molar-refractivity contribution in [2.24, 2.45) is 5.92 Å². The van der Waals surface area contributed by atoms with Gasteiger partial charge in [-0.25, -0.2) is 0 Å². The Morgan fingerprint density at radius 1 is 1.14 bits per heavy atom. The van der Waals surface area contributed by atoms with Crippen LogP contribution in [0.5, 0.6) is 0 Å². The van der Waals surface area contributed by atoms with Crippen LogP contribution >= 0.6 is 0 Å². The second-order valence-corrected chi connectivity index (χ2v) is 6.35. The molecule has 0 aliphatic carbocycles. The number of nitrogens with zero attached hydrogens (tertiary/aromatic N) is 1. The molecular weight excluding hydrogens is 276 g/mol. The van der Waals surface area contributed by atoms with Crippen LogP contribution in [-0.2, 0) is 0 Å². The van der Waals surface area contributed by atoms with E-state index >= 15 is 0 Å². The van der Waals surface area contributed by atoms with E-state index in [1.807, 2.05) is 36.4 Å². The van der Waals surface area contributed by atoms with Crippen molar-refractivity contribution in [3.05, 3.63) is 48.2 Å². The van der Waals surface area contributed by atoms with Crippen LogP contribution in [0, 0.1) is 5.92 Å². The van der Waals surface area contributed by atoms with Crippen molar-refractivity contribution in [2.75, 3.05) is 19.6 Å². The number of amides is 1. The topological polar surface area (TPSA) is 45.5 Å². The third kappa shape index (κ3) is 2.66. The van der Waals surface area contributed by atoms with Gasteiger partial charge in [0.2, 0.25) is 0 Å². The summed E-state index contributed by atoms with van der Waals surface area (Å²) >= 11 is 0. The van der Waals surface area contributed by atoms with Gasteiger partial charge < -0.3 is 14.6 Å². The summed E-state index contributed by atoms with van der Waals surface area (Å²) in [5.74, 6) is 1.77. The minimum atomic E-state index is -0.102. The molecule has 1 aromatic heterocycles. The first kappa shape index (κ1) is 13.6. The van der Waals surface area contributed by atoms with Crippen molar-refractivity contribution >= 4 is 5.91 Å². The molecule has 1 N–H and O–H groups in total. The summed E-state index contributed by atoms with van der Waals surface area (Å²) in [5, 5.41) is 3.13. The molecule has 2 bridgehead atoms. The highest BCUT2D eigenvalue weighted by molar-refractivity contribution is 5.92. The zero-order valence-corrected chi connectivity index (χ0v) is 12.5. The lowest BCUT2D eigenvalue weighted by atomic mass is 9.97. The molecule has 2 saturated heterocycles. The van der Waals surface area contributed by atoms with E-state index in [4.69, 9.17) is 4.42 Å². The lowest BCUT2D eigenvalue weighted by molar-refractivity contribution is 0.0882. The fraction of sp³-hybridized carbons (Fsp3) is 0.389. The Hall–Kier alpha value is -2.07. The van der Waals surface area contributed by atoms with Crippen LogP contribution in [0.1, 0.15) is 23.4 Å². The second-order valence-electron chi connectivity index (χ2n) is 6.35. The number of hydrogen-bond acceptors (Lipinski definition) is 3. The van der Waals surface area contributed by atoms with Gasteiger partial charge >= 0.3 is 0 Å². The van der Waals surface area contributed by atoms with Crippen LogP contribution in [0.4, 0.5) is 0 Å². The first-order valence-corrected chi connectivity index (χ1v) is 7.96. The van der Waals surface area contributed by atoms with Gasteiger partial charge in [0.1, 0.15) is 5.76 Å². The number of piperidine rings is 1. The molecule has 0 saturated carbocycles. The molecule has 3 heterocycles. The number of rotatable bonds is 3. The van der Waals surface area contributed by atoms with Crippen LogP contribution in [0.2, 0.25) is 0 Å². The smallest absolute Gasteiger partial charge is 0.287 e. The van der Waals surface area contributed by atoms with Gasteiger partial charge in [-0.05, 0) is 37.4 Å². The Morgan fingerprint density at radius 3 is 2.82 bits per heavy atom. The Kier molecular flexibility index (Phi) is 3.47. The molecule has 114 valence electrons. The quantitative estimate of drug-likeness (QED) is 0.947. The Balaban J connectivity index is 1.44. The summed E-state index contributed by atoms with van der Waals surface area (Å²) < 4.78 is 5.72. The first-order chi connectivity index (χ1) is 10.8. The summed E-state index contributed by atoms with van der Waals surface area (Å²) in [6, 6.07) is 13.7. The number of carbonyl (C=O) groups excluding carboxylic acids is 1. The van der Waals surface area contributed by atoms with Crippen molar-refractivity contribution in [3.8, 4) is 11.3 Å². The van der Waals surface area contributed by atoms with Gasteiger partial charge in [0, 0.05) is 24.7 Å². The van der Waals surface area contributed by atoms with Crippen molar-refractivity contribution in [3.63, 3.8) is 0 Å². The van der Waals surface area contributed by atoms with Crippen molar-refractivity contribution in [1.82, 2.24) is 10.2 Å². The van der Waals surface area contributed by atoms with Gasteiger partial charge in [-0.1, -0.05) is 30.3 Å². The zero-order valence-electron chi connectivity index (χ0n) is 12.5. The molecule has 2 aliphatic heterocycles. The average molecular weight is 296 g/mol. The molecule has 3 atom stereocenters. The number of fused-ring (bicyclic) bond motifs is 2. The van der Waals surface area contributed by atoms with Gasteiger partial charge in [0.15, 0.2) is 5.76 Å². The molecule has 0 radical (unpaired) electrons. The van der Waals surface area contributed by atoms with Crippen LogP contribution in [0.15, 0.2) is 46.9 Å². The molecule has 4 heteroatoms. The summed E-state index contributed by atoms with van der Waals surface area (Å²) in [4.78, 5) is 14.8. The van der Waals surface area contributed by atoms with Crippen molar-refractivity contribution < 1.29 is 9.21 Å². The molecule has 2 aliphatic rings. The zero-order chi connectivity index (χ0) is 14.9. The van der Waals surface area contributed by atoms with Gasteiger partial charge in [-0.2, -0.15) is 0 Å². The van der Waals surface area contributed by atoms with Crippen molar-refractivity contribution in [2.45, 2.75) is 18.9 Å². The predicted molar refractivity (Wildman–Crippen MR) is 84.6 cm³/mol. The van der Waals surface area contributed by atoms with Gasteiger partial charge in [-0.3, -0.25) is 4.79 Å². The van der Waals surface area contributed by atoms with Crippen molar-refractivity contribution in [1.29, 1.82) is 0 Å². The second kappa shape index (κ2) is 5.61. The highest BCUT2D eigenvalue weighted by Crippen LogP contribution is 2.27. The highest BCUT2D eigenvalue weighted by atomic mass is 16.3. The fourth-order valence-corrected chi connectivity index (χ4v) is 3.64.